The first-order chi connectivity index (χ1) is 10.9. The zero-order valence-corrected chi connectivity index (χ0v) is 13.3. The number of methoxy groups -OCH3 is 1. The minimum Gasteiger partial charge on any atom is -0.480 e. The molecule has 0 saturated carbocycles. The van der Waals surface area contributed by atoms with E-state index in [2.05, 4.69) is 4.98 Å². The van der Waals surface area contributed by atoms with Crippen LogP contribution in [0.5, 0.6) is 5.88 Å². The SMILES string of the molecule is COc1ncccc1C(=O)N(C)Cc1cc([N+](=O)[O-])ccc1Cl. The Hall–Kier alpha value is -2.67. The number of nitrogens with zero attached hydrogens (tertiary/aromatic N) is 3. The minimum atomic E-state index is -0.508. The maximum atomic E-state index is 12.5. The van der Waals surface area contributed by atoms with Crippen LogP contribution in [0.4, 0.5) is 5.69 Å². The van der Waals surface area contributed by atoms with Crippen molar-refractivity contribution in [2.75, 3.05) is 14.2 Å². The van der Waals surface area contributed by atoms with Crippen LogP contribution in [0.2, 0.25) is 5.02 Å². The molecule has 0 N–H and O–H groups in total. The molecule has 23 heavy (non-hydrogen) atoms. The van der Waals surface area contributed by atoms with Gasteiger partial charge in [-0.2, -0.15) is 0 Å². The molecule has 2 rings (SSSR count). The summed E-state index contributed by atoms with van der Waals surface area (Å²) in [5.74, 6) is -0.105. The van der Waals surface area contributed by atoms with E-state index < -0.39 is 4.92 Å². The van der Waals surface area contributed by atoms with Crippen molar-refractivity contribution in [3.63, 3.8) is 0 Å². The Morgan fingerprint density at radius 1 is 1.43 bits per heavy atom. The van der Waals surface area contributed by atoms with Crippen LogP contribution in [0.1, 0.15) is 15.9 Å². The van der Waals surface area contributed by atoms with E-state index in [1.54, 1.807) is 19.2 Å². The first-order valence-corrected chi connectivity index (χ1v) is 6.99. The second-order valence-electron chi connectivity index (χ2n) is 4.75. The monoisotopic (exact) mass is 335 g/mol. The molecule has 0 spiro atoms. The van der Waals surface area contributed by atoms with Gasteiger partial charge in [0.15, 0.2) is 0 Å². The lowest BCUT2D eigenvalue weighted by molar-refractivity contribution is -0.384. The zero-order valence-electron chi connectivity index (χ0n) is 12.5. The molecule has 8 heteroatoms. The average molecular weight is 336 g/mol. The number of nitro groups is 1. The number of non-ortho nitro benzene ring substituents is 1. The van der Waals surface area contributed by atoms with Gasteiger partial charge in [-0.3, -0.25) is 14.9 Å². The van der Waals surface area contributed by atoms with E-state index in [4.69, 9.17) is 16.3 Å². The minimum absolute atomic E-state index is 0.0794. The Morgan fingerprint density at radius 2 is 2.17 bits per heavy atom. The third-order valence-corrected chi connectivity index (χ3v) is 3.56. The lowest BCUT2D eigenvalue weighted by atomic mass is 10.1. The van der Waals surface area contributed by atoms with Gasteiger partial charge in [0, 0.05) is 36.9 Å². The van der Waals surface area contributed by atoms with Crippen molar-refractivity contribution in [3.05, 3.63) is 62.8 Å². The molecule has 0 atom stereocenters. The third-order valence-electron chi connectivity index (χ3n) is 3.19. The molecule has 2 aromatic rings. The van der Waals surface area contributed by atoms with E-state index in [0.29, 0.717) is 16.1 Å². The second kappa shape index (κ2) is 7.06. The molecule has 120 valence electrons. The molecule has 0 aliphatic heterocycles. The number of aromatic nitrogens is 1. The number of nitro benzene ring substituents is 1. The number of ether oxygens (including phenoxy) is 1. The van der Waals surface area contributed by atoms with Crippen LogP contribution in [0.15, 0.2) is 36.5 Å². The molecule has 1 aromatic carbocycles. The smallest absolute Gasteiger partial charge is 0.269 e. The Bertz CT molecular complexity index is 751. The Labute approximate surface area is 137 Å². The van der Waals surface area contributed by atoms with Crippen molar-refractivity contribution in [1.82, 2.24) is 9.88 Å². The first-order valence-electron chi connectivity index (χ1n) is 6.61. The fourth-order valence-electron chi connectivity index (χ4n) is 2.05. The van der Waals surface area contributed by atoms with Gasteiger partial charge >= 0.3 is 0 Å². The summed E-state index contributed by atoms with van der Waals surface area (Å²) in [4.78, 5) is 28.2. The van der Waals surface area contributed by atoms with Crippen molar-refractivity contribution in [1.29, 1.82) is 0 Å². The largest absolute Gasteiger partial charge is 0.480 e. The molecule has 1 amide bonds. The highest BCUT2D eigenvalue weighted by molar-refractivity contribution is 6.31. The number of carbonyl (C=O) groups is 1. The van der Waals surface area contributed by atoms with E-state index in [-0.39, 0.29) is 24.0 Å². The summed E-state index contributed by atoms with van der Waals surface area (Å²) in [6, 6.07) is 7.34. The van der Waals surface area contributed by atoms with Gasteiger partial charge in [-0.05, 0) is 23.8 Å². The van der Waals surface area contributed by atoms with Crippen molar-refractivity contribution in [2.45, 2.75) is 6.54 Å². The quantitative estimate of drug-likeness (QED) is 0.619. The molecule has 0 unspecified atom stereocenters. The number of halogens is 1. The molecule has 1 aromatic heterocycles. The topological polar surface area (TPSA) is 85.6 Å². The summed E-state index contributed by atoms with van der Waals surface area (Å²) >= 11 is 6.06. The fraction of sp³-hybridized carbons (Fsp3) is 0.200. The maximum Gasteiger partial charge on any atom is 0.269 e. The zero-order chi connectivity index (χ0) is 17.0. The van der Waals surface area contributed by atoms with E-state index in [0.717, 1.165) is 0 Å². The van der Waals surface area contributed by atoms with E-state index >= 15 is 0 Å². The van der Waals surface area contributed by atoms with Crippen LogP contribution >= 0.6 is 11.6 Å². The number of benzene rings is 1. The Morgan fingerprint density at radius 3 is 2.83 bits per heavy atom. The molecule has 7 nitrogen and oxygen atoms in total. The number of carbonyl (C=O) groups excluding carboxylic acids is 1. The van der Waals surface area contributed by atoms with Gasteiger partial charge in [-0.1, -0.05) is 11.6 Å². The number of rotatable bonds is 5. The molecule has 1 heterocycles. The first kappa shape index (κ1) is 16.7. The lowest BCUT2D eigenvalue weighted by Crippen LogP contribution is -2.27. The van der Waals surface area contributed by atoms with Crippen LogP contribution in [-0.4, -0.2) is 34.9 Å². The third kappa shape index (κ3) is 3.75. The standard InChI is InChI=1S/C15H14ClN3O4/c1-18(15(20)12-4-3-7-17-14(12)23-2)9-10-8-11(19(21)22)5-6-13(10)16/h3-8H,9H2,1-2H3. The number of hydrogen-bond donors (Lipinski definition) is 0. The number of hydrogen-bond acceptors (Lipinski definition) is 5. The molecular formula is C15H14ClN3O4. The van der Waals surface area contributed by atoms with Gasteiger partial charge in [-0.25, -0.2) is 4.98 Å². The molecule has 0 saturated heterocycles. The van der Waals surface area contributed by atoms with Gasteiger partial charge in [0.2, 0.25) is 5.88 Å². The second-order valence-corrected chi connectivity index (χ2v) is 5.16. The number of amides is 1. The highest BCUT2D eigenvalue weighted by Crippen LogP contribution is 2.24. The highest BCUT2D eigenvalue weighted by Gasteiger charge is 2.19. The van der Waals surface area contributed by atoms with Gasteiger partial charge < -0.3 is 9.64 Å². The molecule has 0 aliphatic rings. The van der Waals surface area contributed by atoms with Crippen LogP contribution < -0.4 is 4.74 Å². The predicted molar refractivity (Wildman–Crippen MR) is 84.7 cm³/mol. The Kier molecular flexibility index (Phi) is 5.13. The summed E-state index contributed by atoms with van der Waals surface area (Å²) in [5.41, 5.74) is 0.711. The van der Waals surface area contributed by atoms with E-state index in [1.807, 2.05) is 0 Å². The van der Waals surface area contributed by atoms with Crippen LogP contribution in [0.3, 0.4) is 0 Å². The summed E-state index contributed by atoms with van der Waals surface area (Å²) in [7, 11) is 3.00. The summed E-state index contributed by atoms with van der Waals surface area (Å²) in [6.07, 6.45) is 1.52. The van der Waals surface area contributed by atoms with Crippen molar-refractivity contribution in [3.8, 4) is 5.88 Å². The van der Waals surface area contributed by atoms with Gasteiger partial charge in [0.05, 0.1) is 12.0 Å². The van der Waals surface area contributed by atoms with Crippen LogP contribution in [0, 0.1) is 10.1 Å². The van der Waals surface area contributed by atoms with Gasteiger partial charge in [0.1, 0.15) is 5.56 Å². The normalized spacial score (nSPS) is 10.2. The summed E-state index contributed by atoms with van der Waals surface area (Å²) in [6.45, 7) is 0.122. The number of pyridine rings is 1. The fourth-order valence-corrected chi connectivity index (χ4v) is 2.22. The molecular weight excluding hydrogens is 322 g/mol. The van der Waals surface area contributed by atoms with E-state index in [1.165, 1.54) is 36.4 Å². The van der Waals surface area contributed by atoms with Crippen LogP contribution in [-0.2, 0) is 6.54 Å². The predicted octanol–water partition coefficient (Wildman–Crippen LogP) is 2.92. The average Bonchev–Trinajstić information content (AvgIpc) is 2.55. The van der Waals surface area contributed by atoms with Crippen molar-refractivity contribution >= 4 is 23.2 Å². The van der Waals surface area contributed by atoms with Crippen molar-refractivity contribution < 1.29 is 14.5 Å². The van der Waals surface area contributed by atoms with Gasteiger partial charge in [-0.15, -0.1) is 0 Å². The highest BCUT2D eigenvalue weighted by atomic mass is 35.5. The lowest BCUT2D eigenvalue weighted by Gasteiger charge is -2.18. The summed E-state index contributed by atoms with van der Waals surface area (Å²) < 4.78 is 5.07. The molecule has 0 fully saturated rings. The molecule has 0 bridgehead atoms. The maximum absolute atomic E-state index is 12.5. The van der Waals surface area contributed by atoms with Crippen molar-refractivity contribution in [2.24, 2.45) is 0 Å². The molecule has 0 radical (unpaired) electrons. The Balaban J connectivity index is 2.25. The van der Waals surface area contributed by atoms with E-state index in [9.17, 15) is 14.9 Å². The van der Waals surface area contributed by atoms with Crippen LogP contribution in [0.25, 0.3) is 0 Å². The summed E-state index contributed by atoms with van der Waals surface area (Å²) in [5, 5.41) is 11.2. The molecule has 0 aliphatic carbocycles. The van der Waals surface area contributed by atoms with Gasteiger partial charge in [0.25, 0.3) is 11.6 Å².